The normalized spacial score (nSPS) is 22.4. The summed E-state index contributed by atoms with van der Waals surface area (Å²) in [6, 6.07) is 15.4. The summed E-state index contributed by atoms with van der Waals surface area (Å²) in [5, 5.41) is 3.09. The zero-order chi connectivity index (χ0) is 26.1. The van der Waals surface area contributed by atoms with Crippen LogP contribution in [0.1, 0.15) is 65.1 Å². The number of halogens is 2. The van der Waals surface area contributed by atoms with Gasteiger partial charge in [0.25, 0.3) is 5.91 Å². The van der Waals surface area contributed by atoms with Crippen molar-refractivity contribution in [1.82, 2.24) is 15.1 Å². The maximum atomic E-state index is 13.8. The average Bonchev–Trinajstić information content (AvgIpc) is 3.68. The Kier molecular flexibility index (Phi) is 7.11. The van der Waals surface area contributed by atoms with Gasteiger partial charge in [-0.15, -0.1) is 0 Å². The highest BCUT2D eigenvalue weighted by molar-refractivity contribution is 5.96. The summed E-state index contributed by atoms with van der Waals surface area (Å²) >= 11 is 0. The smallest absolute Gasteiger partial charge is 0.290 e. The summed E-state index contributed by atoms with van der Waals surface area (Å²) in [6.45, 7) is 3.37. The van der Waals surface area contributed by atoms with Gasteiger partial charge in [0, 0.05) is 31.5 Å². The van der Waals surface area contributed by atoms with E-state index in [0.717, 1.165) is 17.5 Å². The maximum absolute atomic E-state index is 13.8. The molecule has 2 aromatic carbocycles. The fourth-order valence-electron chi connectivity index (χ4n) is 5.43. The van der Waals surface area contributed by atoms with E-state index in [9.17, 15) is 18.4 Å². The SMILES string of the molecule is CN[C@H](C)c1ccc(C(=O)N2C[C@@H](c3ccc(F)cc3)C[C@H]2C(=O)N2CC[C@H](c3ccc(F)cc3)C2)o1. The number of amides is 2. The molecule has 5 rings (SSSR count). The third kappa shape index (κ3) is 5.16. The van der Waals surface area contributed by atoms with Gasteiger partial charge in [0.15, 0.2) is 5.76 Å². The van der Waals surface area contributed by atoms with Crippen LogP contribution in [-0.4, -0.2) is 54.3 Å². The summed E-state index contributed by atoms with van der Waals surface area (Å²) in [5.74, 6) is -0.173. The van der Waals surface area contributed by atoms with Crippen molar-refractivity contribution < 1.29 is 22.8 Å². The summed E-state index contributed by atoms with van der Waals surface area (Å²) in [4.78, 5) is 30.8. The van der Waals surface area contributed by atoms with Crippen LogP contribution in [0.3, 0.4) is 0 Å². The summed E-state index contributed by atoms with van der Waals surface area (Å²) in [5.41, 5.74) is 1.89. The predicted molar refractivity (Wildman–Crippen MR) is 135 cm³/mol. The minimum Gasteiger partial charge on any atom is -0.454 e. The van der Waals surface area contributed by atoms with Crippen LogP contribution in [0.2, 0.25) is 0 Å². The molecule has 6 nitrogen and oxygen atoms in total. The Bertz CT molecular complexity index is 1260. The number of rotatable bonds is 6. The van der Waals surface area contributed by atoms with Gasteiger partial charge in [0.2, 0.25) is 5.91 Å². The van der Waals surface area contributed by atoms with Gasteiger partial charge in [-0.05, 0) is 74.3 Å². The Hall–Kier alpha value is -3.52. The Balaban J connectivity index is 1.37. The van der Waals surface area contributed by atoms with E-state index in [0.29, 0.717) is 31.8 Å². The average molecular weight is 508 g/mol. The maximum Gasteiger partial charge on any atom is 0.290 e. The van der Waals surface area contributed by atoms with Gasteiger partial charge in [-0.25, -0.2) is 8.78 Å². The first-order valence-corrected chi connectivity index (χ1v) is 12.7. The molecule has 2 saturated heterocycles. The van der Waals surface area contributed by atoms with Crippen LogP contribution >= 0.6 is 0 Å². The minimum absolute atomic E-state index is 0.0579. The van der Waals surface area contributed by atoms with Crippen molar-refractivity contribution in [2.24, 2.45) is 0 Å². The zero-order valence-electron chi connectivity index (χ0n) is 21.0. The van der Waals surface area contributed by atoms with E-state index in [1.807, 2.05) is 18.9 Å². The molecule has 0 saturated carbocycles. The number of carbonyl (C=O) groups excluding carboxylic acids is 2. The van der Waals surface area contributed by atoms with E-state index >= 15 is 0 Å². The van der Waals surface area contributed by atoms with Crippen molar-refractivity contribution >= 4 is 11.8 Å². The largest absolute Gasteiger partial charge is 0.454 e. The lowest BCUT2D eigenvalue weighted by Crippen LogP contribution is -2.47. The lowest BCUT2D eigenvalue weighted by Gasteiger charge is -2.27. The predicted octanol–water partition coefficient (Wildman–Crippen LogP) is 4.85. The van der Waals surface area contributed by atoms with E-state index in [1.54, 1.807) is 41.3 Å². The topological polar surface area (TPSA) is 65.8 Å². The molecule has 8 heteroatoms. The van der Waals surface area contributed by atoms with Gasteiger partial charge in [-0.2, -0.15) is 0 Å². The van der Waals surface area contributed by atoms with Crippen molar-refractivity contribution in [2.45, 2.75) is 43.7 Å². The van der Waals surface area contributed by atoms with Crippen molar-refractivity contribution in [3.05, 3.63) is 94.9 Å². The molecule has 0 spiro atoms. The molecule has 0 radical (unpaired) electrons. The summed E-state index contributed by atoms with van der Waals surface area (Å²) in [6.07, 6.45) is 1.23. The van der Waals surface area contributed by atoms with Gasteiger partial charge < -0.3 is 19.5 Å². The molecule has 2 aliphatic heterocycles. The van der Waals surface area contributed by atoms with Crippen molar-refractivity contribution in [1.29, 1.82) is 0 Å². The van der Waals surface area contributed by atoms with E-state index in [1.165, 1.54) is 24.3 Å². The Labute approximate surface area is 215 Å². The standard InChI is InChI=1S/C29H31F2N3O3/c1-18(32-2)26-11-12-27(37-26)29(36)34-17-22(20-5-9-24(31)10-6-20)15-25(34)28(35)33-14-13-21(16-33)19-3-7-23(30)8-4-19/h3-12,18,21-22,25,32H,13-17H2,1-2H3/t18-,21+,22+,25+/m1/s1. The molecule has 4 atom stereocenters. The molecular weight excluding hydrogens is 476 g/mol. The fraction of sp³-hybridized carbons (Fsp3) is 0.379. The Morgan fingerprint density at radius 2 is 1.54 bits per heavy atom. The quantitative estimate of drug-likeness (QED) is 0.518. The number of likely N-dealkylation sites (tertiary alicyclic amines) is 2. The third-order valence-corrected chi connectivity index (χ3v) is 7.73. The number of benzene rings is 2. The minimum atomic E-state index is -0.648. The lowest BCUT2D eigenvalue weighted by molar-refractivity contribution is -0.134. The first-order valence-electron chi connectivity index (χ1n) is 12.7. The molecule has 3 aromatic rings. The molecule has 0 bridgehead atoms. The van der Waals surface area contributed by atoms with E-state index in [4.69, 9.17) is 4.42 Å². The molecule has 2 fully saturated rings. The van der Waals surface area contributed by atoms with Crippen LogP contribution in [0.25, 0.3) is 0 Å². The number of nitrogens with zero attached hydrogens (tertiary/aromatic N) is 2. The molecule has 0 aliphatic carbocycles. The second kappa shape index (κ2) is 10.5. The van der Waals surface area contributed by atoms with Crippen LogP contribution in [0.4, 0.5) is 8.78 Å². The number of furan rings is 1. The first kappa shape index (κ1) is 25.1. The fourth-order valence-corrected chi connectivity index (χ4v) is 5.43. The van der Waals surface area contributed by atoms with Crippen LogP contribution in [0.15, 0.2) is 65.1 Å². The van der Waals surface area contributed by atoms with Gasteiger partial charge in [-0.3, -0.25) is 9.59 Å². The lowest BCUT2D eigenvalue weighted by atomic mass is 9.96. The molecule has 2 aliphatic rings. The molecule has 1 aromatic heterocycles. The van der Waals surface area contributed by atoms with Gasteiger partial charge in [0.05, 0.1) is 6.04 Å². The molecule has 1 N–H and O–H groups in total. The molecule has 194 valence electrons. The van der Waals surface area contributed by atoms with Gasteiger partial charge in [-0.1, -0.05) is 24.3 Å². The third-order valence-electron chi connectivity index (χ3n) is 7.73. The highest BCUT2D eigenvalue weighted by atomic mass is 19.1. The molecule has 37 heavy (non-hydrogen) atoms. The zero-order valence-corrected chi connectivity index (χ0v) is 21.0. The van der Waals surface area contributed by atoms with Gasteiger partial charge in [0.1, 0.15) is 23.4 Å². The van der Waals surface area contributed by atoms with Crippen molar-refractivity contribution in [3.8, 4) is 0 Å². The first-order chi connectivity index (χ1) is 17.8. The molecule has 3 heterocycles. The van der Waals surface area contributed by atoms with Crippen LogP contribution in [0, 0.1) is 11.6 Å². The monoisotopic (exact) mass is 507 g/mol. The highest BCUT2D eigenvalue weighted by Crippen LogP contribution is 2.36. The second-order valence-corrected chi connectivity index (χ2v) is 9.99. The van der Waals surface area contributed by atoms with Crippen LogP contribution in [0.5, 0.6) is 0 Å². The highest BCUT2D eigenvalue weighted by Gasteiger charge is 2.44. The Morgan fingerprint density at radius 3 is 2.16 bits per heavy atom. The van der Waals surface area contributed by atoms with Crippen LogP contribution in [-0.2, 0) is 4.79 Å². The number of hydrogen-bond donors (Lipinski definition) is 1. The summed E-state index contributed by atoms with van der Waals surface area (Å²) in [7, 11) is 1.81. The van der Waals surface area contributed by atoms with E-state index < -0.39 is 6.04 Å². The van der Waals surface area contributed by atoms with E-state index in [-0.39, 0.29) is 47.1 Å². The van der Waals surface area contributed by atoms with Crippen molar-refractivity contribution in [2.75, 3.05) is 26.7 Å². The second-order valence-electron chi connectivity index (χ2n) is 9.99. The van der Waals surface area contributed by atoms with Gasteiger partial charge >= 0.3 is 0 Å². The van der Waals surface area contributed by atoms with Crippen molar-refractivity contribution in [3.63, 3.8) is 0 Å². The summed E-state index contributed by atoms with van der Waals surface area (Å²) < 4.78 is 32.8. The van der Waals surface area contributed by atoms with E-state index in [2.05, 4.69) is 5.32 Å². The number of hydrogen-bond acceptors (Lipinski definition) is 4. The number of nitrogens with one attached hydrogen (secondary N) is 1. The number of carbonyl (C=O) groups is 2. The Morgan fingerprint density at radius 1 is 0.919 bits per heavy atom. The molecule has 0 unspecified atom stereocenters. The molecule has 2 amide bonds. The molecular formula is C29H31F2N3O3. The van der Waals surface area contributed by atoms with Crippen LogP contribution < -0.4 is 5.32 Å².